The molecule has 3 aromatic carbocycles. The second-order valence-electron chi connectivity index (χ2n) is 12.3. The number of hydrogen-bond acceptors (Lipinski definition) is 8. The minimum absolute atomic E-state index is 0.0330. The molecule has 4 rings (SSSR count). The van der Waals surface area contributed by atoms with Crippen molar-refractivity contribution in [3.8, 4) is 11.5 Å². The zero-order valence-corrected chi connectivity index (χ0v) is 29.1. The third-order valence-electron chi connectivity index (χ3n) is 8.49. The Morgan fingerprint density at radius 2 is 1.79 bits per heavy atom. The second-order valence-corrected chi connectivity index (χ2v) is 14.0. The highest BCUT2D eigenvalue weighted by Crippen LogP contribution is 2.30. The van der Waals surface area contributed by atoms with Crippen molar-refractivity contribution in [2.75, 3.05) is 45.2 Å². The molecule has 3 aromatic rings. The third kappa shape index (κ3) is 9.48. The first-order chi connectivity index (χ1) is 22.9. The number of carbonyl (C=O) groups excluding carboxylic acids is 2. The van der Waals surface area contributed by atoms with Gasteiger partial charge >= 0.3 is 0 Å². The molecule has 0 bridgehead atoms. The predicted octanol–water partition coefficient (Wildman–Crippen LogP) is 5.06. The topological polar surface area (TPSA) is 135 Å². The van der Waals surface area contributed by atoms with Crippen LogP contribution in [0.4, 0.5) is 5.69 Å². The Hall–Kier alpha value is -4.13. The van der Waals surface area contributed by atoms with E-state index in [-0.39, 0.29) is 47.2 Å². The predicted molar refractivity (Wildman–Crippen MR) is 184 cm³/mol. The van der Waals surface area contributed by atoms with Crippen molar-refractivity contribution < 1.29 is 37.3 Å². The number of hydrogen-bond donors (Lipinski definition) is 2. The molecule has 11 nitrogen and oxygen atoms in total. The first-order valence-electron chi connectivity index (χ1n) is 16.2. The van der Waals surface area contributed by atoms with Crippen LogP contribution in [0.15, 0.2) is 77.7 Å². The lowest BCUT2D eigenvalue weighted by atomic mass is 10.0. The van der Waals surface area contributed by atoms with Crippen molar-refractivity contribution in [1.29, 1.82) is 0 Å². The molecule has 0 saturated heterocycles. The normalized spacial score (nSPS) is 20.1. The molecule has 2 amide bonds. The van der Waals surface area contributed by atoms with E-state index in [1.165, 1.54) is 25.3 Å². The average molecular weight is 682 g/mol. The molecule has 260 valence electrons. The van der Waals surface area contributed by atoms with Gasteiger partial charge in [0.1, 0.15) is 11.5 Å². The number of nitrogens with one attached hydrogen (secondary N) is 1. The van der Waals surface area contributed by atoms with Crippen LogP contribution in [0.3, 0.4) is 0 Å². The van der Waals surface area contributed by atoms with Gasteiger partial charge in [-0.05, 0) is 87.7 Å². The molecule has 0 radical (unpaired) electrons. The van der Waals surface area contributed by atoms with Crippen LogP contribution in [0.2, 0.25) is 0 Å². The summed E-state index contributed by atoms with van der Waals surface area (Å²) in [5, 5.41) is 10.2. The SMILES string of the molecule is COc1ccc(S(=O)(=O)Nc2ccc3c(c2)C(=O)N([C@@H](C)CO)C[C@H](C)[C@H](CN(C)C(=O)c2ccccc2)OCCCC[C@H](C)O3)cc1. The summed E-state index contributed by atoms with van der Waals surface area (Å²) < 4.78 is 46.8. The highest BCUT2D eigenvalue weighted by atomic mass is 32.2. The van der Waals surface area contributed by atoms with Gasteiger partial charge in [0.25, 0.3) is 21.8 Å². The maximum atomic E-state index is 14.4. The zero-order chi connectivity index (χ0) is 34.8. The second kappa shape index (κ2) is 16.8. The summed E-state index contributed by atoms with van der Waals surface area (Å²) >= 11 is 0. The van der Waals surface area contributed by atoms with E-state index < -0.39 is 28.1 Å². The van der Waals surface area contributed by atoms with Crippen LogP contribution in [-0.4, -0.2) is 93.8 Å². The van der Waals surface area contributed by atoms with Gasteiger partial charge < -0.3 is 29.1 Å². The summed E-state index contributed by atoms with van der Waals surface area (Å²) in [6.45, 7) is 6.31. The van der Waals surface area contributed by atoms with Crippen molar-refractivity contribution >= 4 is 27.5 Å². The van der Waals surface area contributed by atoms with E-state index in [1.807, 2.05) is 32.0 Å². The van der Waals surface area contributed by atoms with E-state index in [2.05, 4.69) is 4.72 Å². The fourth-order valence-corrected chi connectivity index (χ4v) is 6.62. The van der Waals surface area contributed by atoms with Crippen molar-refractivity contribution in [2.45, 2.75) is 63.2 Å². The van der Waals surface area contributed by atoms with Gasteiger partial charge in [0, 0.05) is 43.9 Å². The molecule has 1 heterocycles. The molecule has 0 spiro atoms. The number of nitrogens with zero attached hydrogens (tertiary/aromatic N) is 2. The number of methoxy groups -OCH3 is 1. The summed E-state index contributed by atoms with van der Waals surface area (Å²) in [6.07, 6.45) is 1.66. The van der Waals surface area contributed by atoms with Crippen LogP contribution in [0.5, 0.6) is 11.5 Å². The lowest BCUT2D eigenvalue weighted by molar-refractivity contribution is -0.0149. The molecular weight excluding hydrogens is 634 g/mol. The van der Waals surface area contributed by atoms with Crippen LogP contribution in [0, 0.1) is 5.92 Å². The van der Waals surface area contributed by atoms with E-state index in [1.54, 1.807) is 60.2 Å². The van der Waals surface area contributed by atoms with Crippen LogP contribution >= 0.6 is 0 Å². The monoisotopic (exact) mass is 681 g/mol. The highest BCUT2D eigenvalue weighted by Gasteiger charge is 2.31. The molecular formula is C36H47N3O8S. The number of benzene rings is 3. The Bertz CT molecular complexity index is 1620. The van der Waals surface area contributed by atoms with Crippen LogP contribution in [0.25, 0.3) is 0 Å². The summed E-state index contributed by atoms with van der Waals surface area (Å²) in [7, 11) is -0.758. The van der Waals surface area contributed by atoms with E-state index >= 15 is 0 Å². The van der Waals surface area contributed by atoms with Gasteiger partial charge in [0.05, 0.1) is 42.4 Å². The van der Waals surface area contributed by atoms with Gasteiger partial charge in [-0.1, -0.05) is 25.1 Å². The van der Waals surface area contributed by atoms with Crippen LogP contribution < -0.4 is 14.2 Å². The smallest absolute Gasteiger partial charge is 0.261 e. The summed E-state index contributed by atoms with van der Waals surface area (Å²) in [5.41, 5.74) is 0.917. The first-order valence-corrected chi connectivity index (χ1v) is 17.7. The fourth-order valence-electron chi connectivity index (χ4n) is 5.57. The summed E-state index contributed by atoms with van der Waals surface area (Å²) in [6, 6.07) is 19.1. The molecule has 12 heteroatoms. The maximum Gasteiger partial charge on any atom is 0.261 e. The van der Waals surface area contributed by atoms with E-state index in [4.69, 9.17) is 14.2 Å². The zero-order valence-electron chi connectivity index (χ0n) is 28.3. The molecule has 0 fully saturated rings. The summed E-state index contributed by atoms with van der Waals surface area (Å²) in [5.74, 6) is 0.0387. The number of aliphatic hydroxyl groups excluding tert-OH is 1. The van der Waals surface area contributed by atoms with Gasteiger partial charge in [-0.2, -0.15) is 0 Å². The molecule has 2 N–H and O–H groups in total. The molecule has 1 aliphatic rings. The Kier molecular flexibility index (Phi) is 12.9. The van der Waals surface area contributed by atoms with Crippen molar-refractivity contribution in [2.24, 2.45) is 5.92 Å². The molecule has 0 aromatic heterocycles. The Morgan fingerprint density at radius 1 is 1.08 bits per heavy atom. The number of amides is 2. The van der Waals surface area contributed by atoms with E-state index in [0.29, 0.717) is 36.6 Å². The van der Waals surface area contributed by atoms with E-state index in [9.17, 15) is 23.1 Å². The van der Waals surface area contributed by atoms with Crippen LogP contribution in [0.1, 0.15) is 60.7 Å². The number of likely N-dealkylation sites (N-methyl/N-ethyl adjacent to an activating group) is 1. The number of anilines is 1. The Balaban J connectivity index is 1.65. The van der Waals surface area contributed by atoms with Gasteiger partial charge in [-0.3, -0.25) is 14.3 Å². The van der Waals surface area contributed by atoms with Crippen LogP contribution in [-0.2, 0) is 14.8 Å². The highest BCUT2D eigenvalue weighted by molar-refractivity contribution is 7.92. The van der Waals surface area contributed by atoms with E-state index in [0.717, 1.165) is 12.8 Å². The fraction of sp³-hybridized carbons (Fsp3) is 0.444. The third-order valence-corrected chi connectivity index (χ3v) is 9.89. The number of sulfonamides is 1. The Labute approximate surface area is 283 Å². The van der Waals surface area contributed by atoms with Crippen molar-refractivity contribution in [1.82, 2.24) is 9.80 Å². The number of carbonyl (C=O) groups is 2. The largest absolute Gasteiger partial charge is 0.497 e. The number of ether oxygens (including phenoxy) is 3. The minimum atomic E-state index is -3.99. The van der Waals surface area contributed by atoms with Gasteiger partial charge in [0.15, 0.2) is 0 Å². The maximum absolute atomic E-state index is 14.4. The lowest BCUT2D eigenvalue weighted by Crippen LogP contribution is -2.48. The van der Waals surface area contributed by atoms with Crippen molar-refractivity contribution in [3.63, 3.8) is 0 Å². The molecule has 0 saturated carbocycles. The van der Waals surface area contributed by atoms with Gasteiger partial charge in [-0.25, -0.2) is 8.42 Å². The molecule has 0 unspecified atom stereocenters. The van der Waals surface area contributed by atoms with Gasteiger partial charge in [0.2, 0.25) is 0 Å². The molecule has 48 heavy (non-hydrogen) atoms. The quantitative estimate of drug-likeness (QED) is 0.320. The number of fused-ring (bicyclic) bond motifs is 1. The number of aliphatic hydroxyl groups is 1. The first kappa shape index (κ1) is 36.7. The Morgan fingerprint density at radius 3 is 2.46 bits per heavy atom. The molecule has 0 aliphatic carbocycles. The van der Waals surface area contributed by atoms with Crippen molar-refractivity contribution in [3.05, 3.63) is 83.9 Å². The lowest BCUT2D eigenvalue weighted by Gasteiger charge is -2.36. The minimum Gasteiger partial charge on any atom is -0.497 e. The summed E-state index contributed by atoms with van der Waals surface area (Å²) in [4.78, 5) is 30.8. The standard InChI is InChI=1S/C36H47N3O8S/c1-25-22-39(26(2)24-40)36(42)32-21-29(37-48(43,44)31-17-15-30(45-5)16-18-31)14-19-33(32)47-27(3)11-9-10-20-46-34(25)23-38(4)35(41)28-12-7-6-8-13-28/h6-8,12-19,21,25-27,34,37,40H,9-11,20,22-24H2,1-5H3/t25-,26-,27-,34-/m0/s1. The molecule has 1 aliphatic heterocycles. The van der Waals surface area contributed by atoms with Gasteiger partial charge in [-0.15, -0.1) is 0 Å². The number of rotatable bonds is 9. The average Bonchev–Trinajstić information content (AvgIpc) is 3.09. The molecule has 4 atom stereocenters.